The largest absolute Gasteiger partial charge is 0.384 e. The molecule has 0 bridgehead atoms. The van der Waals surface area contributed by atoms with Gasteiger partial charge in [-0.05, 0) is 31.2 Å². The Morgan fingerprint density at radius 1 is 1.15 bits per heavy atom. The van der Waals surface area contributed by atoms with E-state index in [9.17, 15) is 0 Å². The average Bonchev–Trinajstić information content (AvgIpc) is 2.44. The van der Waals surface area contributed by atoms with Gasteiger partial charge in [0.1, 0.15) is 0 Å². The lowest BCUT2D eigenvalue weighted by Crippen LogP contribution is -2.41. The minimum Gasteiger partial charge on any atom is -0.384 e. The van der Waals surface area contributed by atoms with Crippen molar-refractivity contribution in [3.8, 4) is 0 Å². The van der Waals surface area contributed by atoms with Gasteiger partial charge in [0.2, 0.25) is 0 Å². The lowest BCUT2D eigenvalue weighted by molar-refractivity contribution is 0.0777. The Kier molecular flexibility index (Phi) is 8.62. The van der Waals surface area contributed by atoms with Crippen molar-refractivity contribution < 1.29 is 9.47 Å². The third kappa shape index (κ3) is 6.57. The van der Waals surface area contributed by atoms with Gasteiger partial charge in [0.25, 0.3) is 0 Å². The highest BCUT2D eigenvalue weighted by Gasteiger charge is 2.12. The molecule has 0 heterocycles. The molecule has 1 unspecified atom stereocenters. The van der Waals surface area contributed by atoms with E-state index < -0.39 is 0 Å². The van der Waals surface area contributed by atoms with Crippen LogP contribution >= 0.6 is 11.6 Å². The number of rotatable bonds is 10. The molecule has 0 aliphatic carbocycles. The van der Waals surface area contributed by atoms with Gasteiger partial charge in [0.15, 0.2) is 0 Å². The van der Waals surface area contributed by atoms with E-state index in [0.717, 1.165) is 43.6 Å². The van der Waals surface area contributed by atoms with Crippen molar-refractivity contribution in [2.45, 2.75) is 13.0 Å². The van der Waals surface area contributed by atoms with Gasteiger partial charge in [0.05, 0.1) is 13.2 Å². The number of halogens is 1. The molecule has 5 heteroatoms. The second kappa shape index (κ2) is 10.00. The molecule has 1 aromatic rings. The summed E-state index contributed by atoms with van der Waals surface area (Å²) >= 11 is 5.87. The zero-order chi connectivity index (χ0) is 14.8. The maximum Gasteiger partial charge on any atom is 0.0615 e. The molecule has 0 aliphatic rings. The fourth-order valence-corrected chi connectivity index (χ4v) is 2.15. The third-order valence-electron chi connectivity index (χ3n) is 3.19. The molecule has 1 aromatic carbocycles. The molecule has 0 saturated heterocycles. The molecule has 1 rings (SSSR count). The molecule has 0 saturated carbocycles. The first-order chi connectivity index (χ1) is 9.67. The summed E-state index contributed by atoms with van der Waals surface area (Å²) in [6.07, 6.45) is 0. The number of nitrogens with one attached hydrogen (secondary N) is 1. The van der Waals surface area contributed by atoms with Gasteiger partial charge in [-0.1, -0.05) is 11.6 Å². The molecular weight excluding hydrogens is 276 g/mol. The van der Waals surface area contributed by atoms with E-state index in [1.54, 1.807) is 14.2 Å². The maximum absolute atomic E-state index is 5.87. The van der Waals surface area contributed by atoms with Crippen molar-refractivity contribution in [3.05, 3.63) is 29.3 Å². The fourth-order valence-electron chi connectivity index (χ4n) is 2.02. The van der Waals surface area contributed by atoms with Crippen LogP contribution in [0.25, 0.3) is 0 Å². The SMILES string of the molecule is COCCN(CCNc1ccc(Cl)cc1)C(C)COC. The van der Waals surface area contributed by atoms with Gasteiger partial charge in [-0.25, -0.2) is 0 Å². The monoisotopic (exact) mass is 300 g/mol. The van der Waals surface area contributed by atoms with Gasteiger partial charge in [-0.3, -0.25) is 4.90 Å². The van der Waals surface area contributed by atoms with Crippen LogP contribution in [0.5, 0.6) is 0 Å². The summed E-state index contributed by atoms with van der Waals surface area (Å²) in [5.41, 5.74) is 1.08. The Morgan fingerprint density at radius 3 is 2.45 bits per heavy atom. The van der Waals surface area contributed by atoms with Crippen molar-refractivity contribution in [3.63, 3.8) is 0 Å². The number of methoxy groups -OCH3 is 2. The lowest BCUT2D eigenvalue weighted by atomic mass is 10.3. The second-order valence-corrected chi connectivity index (χ2v) is 5.20. The Bertz CT molecular complexity index is 359. The van der Waals surface area contributed by atoms with Gasteiger partial charge in [-0.15, -0.1) is 0 Å². The summed E-state index contributed by atoms with van der Waals surface area (Å²) < 4.78 is 10.4. The number of anilines is 1. The van der Waals surface area contributed by atoms with Crippen LogP contribution in [-0.2, 0) is 9.47 Å². The van der Waals surface area contributed by atoms with Crippen molar-refractivity contribution in [1.29, 1.82) is 0 Å². The Balaban J connectivity index is 2.38. The van der Waals surface area contributed by atoms with E-state index >= 15 is 0 Å². The van der Waals surface area contributed by atoms with E-state index in [2.05, 4.69) is 17.1 Å². The number of nitrogens with zero attached hydrogens (tertiary/aromatic N) is 1. The summed E-state index contributed by atoms with van der Waals surface area (Å²) in [7, 11) is 3.46. The molecule has 0 aromatic heterocycles. The molecule has 0 radical (unpaired) electrons. The number of hydrogen-bond donors (Lipinski definition) is 1. The first-order valence-electron chi connectivity index (χ1n) is 6.88. The molecule has 0 spiro atoms. The molecule has 114 valence electrons. The van der Waals surface area contributed by atoms with Crippen LogP contribution in [0.3, 0.4) is 0 Å². The zero-order valence-electron chi connectivity index (χ0n) is 12.6. The standard InChI is InChI=1S/C15H25ClN2O2/c1-13(12-20-3)18(10-11-19-2)9-8-17-15-6-4-14(16)5-7-15/h4-7,13,17H,8-12H2,1-3H3. The Morgan fingerprint density at radius 2 is 1.85 bits per heavy atom. The van der Waals surface area contributed by atoms with Gasteiger partial charge < -0.3 is 14.8 Å². The number of hydrogen-bond acceptors (Lipinski definition) is 4. The highest BCUT2D eigenvalue weighted by atomic mass is 35.5. The van der Waals surface area contributed by atoms with Crippen molar-refractivity contribution in [2.24, 2.45) is 0 Å². The molecule has 4 nitrogen and oxygen atoms in total. The van der Waals surface area contributed by atoms with E-state index in [0.29, 0.717) is 6.04 Å². The van der Waals surface area contributed by atoms with E-state index in [1.807, 2.05) is 24.3 Å². The van der Waals surface area contributed by atoms with Crippen LogP contribution in [0.1, 0.15) is 6.92 Å². The van der Waals surface area contributed by atoms with Gasteiger partial charge in [0, 0.05) is 50.6 Å². The lowest BCUT2D eigenvalue weighted by Gasteiger charge is -2.28. The molecule has 0 fully saturated rings. The zero-order valence-corrected chi connectivity index (χ0v) is 13.3. The molecular formula is C15H25ClN2O2. The first-order valence-corrected chi connectivity index (χ1v) is 7.26. The molecule has 1 atom stereocenters. The molecule has 1 N–H and O–H groups in total. The maximum atomic E-state index is 5.87. The van der Waals surface area contributed by atoms with E-state index in [4.69, 9.17) is 21.1 Å². The first kappa shape index (κ1) is 17.2. The highest BCUT2D eigenvalue weighted by molar-refractivity contribution is 6.30. The summed E-state index contributed by atoms with van der Waals surface area (Å²) in [6, 6.07) is 8.13. The average molecular weight is 301 g/mol. The fraction of sp³-hybridized carbons (Fsp3) is 0.600. The van der Waals surface area contributed by atoms with Crippen LogP contribution in [0.4, 0.5) is 5.69 Å². The molecule has 0 aliphatic heterocycles. The van der Waals surface area contributed by atoms with Crippen LogP contribution in [-0.4, -0.2) is 58.0 Å². The van der Waals surface area contributed by atoms with Crippen LogP contribution in [0.15, 0.2) is 24.3 Å². The van der Waals surface area contributed by atoms with Crippen LogP contribution in [0, 0.1) is 0 Å². The van der Waals surface area contributed by atoms with Gasteiger partial charge in [-0.2, -0.15) is 0 Å². The quantitative estimate of drug-likeness (QED) is 0.720. The second-order valence-electron chi connectivity index (χ2n) is 4.77. The third-order valence-corrected chi connectivity index (χ3v) is 3.44. The molecule has 0 amide bonds. The van der Waals surface area contributed by atoms with Crippen molar-refractivity contribution in [2.75, 3.05) is 52.4 Å². The smallest absolute Gasteiger partial charge is 0.0615 e. The summed E-state index contributed by atoms with van der Waals surface area (Å²) in [5.74, 6) is 0. The highest BCUT2D eigenvalue weighted by Crippen LogP contribution is 2.13. The Hall–Kier alpha value is -0.810. The summed E-state index contributed by atoms with van der Waals surface area (Å²) in [6.45, 7) is 6.35. The van der Waals surface area contributed by atoms with Crippen LogP contribution < -0.4 is 5.32 Å². The molecule has 20 heavy (non-hydrogen) atoms. The number of ether oxygens (including phenoxy) is 2. The topological polar surface area (TPSA) is 33.7 Å². The summed E-state index contributed by atoms with van der Waals surface area (Å²) in [5, 5.41) is 4.15. The minimum atomic E-state index is 0.377. The van der Waals surface area contributed by atoms with Gasteiger partial charge >= 0.3 is 0 Å². The van der Waals surface area contributed by atoms with Crippen molar-refractivity contribution >= 4 is 17.3 Å². The van der Waals surface area contributed by atoms with E-state index in [1.165, 1.54) is 0 Å². The minimum absolute atomic E-state index is 0.377. The Labute approximate surface area is 127 Å². The number of benzene rings is 1. The van der Waals surface area contributed by atoms with Crippen LogP contribution in [0.2, 0.25) is 5.02 Å². The van der Waals surface area contributed by atoms with Crippen molar-refractivity contribution in [1.82, 2.24) is 4.90 Å². The van der Waals surface area contributed by atoms with E-state index in [-0.39, 0.29) is 0 Å². The predicted molar refractivity (Wildman–Crippen MR) is 84.7 cm³/mol. The summed E-state index contributed by atoms with van der Waals surface area (Å²) in [4.78, 5) is 2.36. The normalized spacial score (nSPS) is 12.7. The predicted octanol–water partition coefficient (Wildman–Crippen LogP) is 2.74.